The van der Waals surface area contributed by atoms with Gasteiger partial charge in [-0.2, -0.15) is 0 Å². The number of aryl methyl sites for hydroxylation is 1. The lowest BCUT2D eigenvalue weighted by atomic mass is 10.1. The summed E-state index contributed by atoms with van der Waals surface area (Å²) in [7, 11) is -0.246. The van der Waals surface area contributed by atoms with Gasteiger partial charge in [0.2, 0.25) is 10.0 Å². The first-order valence-corrected chi connectivity index (χ1v) is 9.17. The summed E-state index contributed by atoms with van der Waals surface area (Å²) in [5, 5.41) is 10.1. The van der Waals surface area contributed by atoms with Gasteiger partial charge in [-0.25, -0.2) is 12.7 Å². The van der Waals surface area contributed by atoms with Crippen LogP contribution in [0.3, 0.4) is 0 Å². The average Bonchev–Trinajstić information content (AvgIpc) is 2.78. The van der Waals surface area contributed by atoms with Gasteiger partial charge >= 0.3 is 0 Å². The lowest BCUT2D eigenvalue weighted by Crippen LogP contribution is -2.33. The molecule has 0 radical (unpaired) electrons. The zero-order chi connectivity index (χ0) is 16.3. The first-order chi connectivity index (χ1) is 10.3. The third-order valence-electron chi connectivity index (χ3n) is 4.14. The summed E-state index contributed by atoms with van der Waals surface area (Å²) < 4.78 is 25.1. The molecule has 0 bridgehead atoms. The highest BCUT2D eigenvalue weighted by Gasteiger charge is 2.35. The van der Waals surface area contributed by atoms with E-state index in [-0.39, 0.29) is 11.7 Å². The van der Waals surface area contributed by atoms with Crippen LogP contribution in [-0.2, 0) is 23.0 Å². The molecule has 0 spiro atoms. The van der Waals surface area contributed by atoms with Crippen molar-refractivity contribution in [1.29, 1.82) is 0 Å². The predicted octanol–water partition coefficient (Wildman–Crippen LogP) is 0.328. The minimum atomic E-state index is -3.29. The van der Waals surface area contributed by atoms with Crippen LogP contribution >= 0.6 is 0 Å². The maximum absolute atomic E-state index is 12.0. The van der Waals surface area contributed by atoms with Crippen LogP contribution in [0.1, 0.15) is 18.2 Å². The van der Waals surface area contributed by atoms with Gasteiger partial charge in [0.15, 0.2) is 0 Å². The van der Waals surface area contributed by atoms with Gasteiger partial charge in [0.05, 0.1) is 17.6 Å². The molecule has 1 aliphatic rings. The summed E-state index contributed by atoms with van der Waals surface area (Å²) in [5.74, 6) is -0.262. The highest BCUT2D eigenvalue weighted by atomic mass is 32.2. The minimum Gasteiger partial charge on any atom is -0.391 e. The third-order valence-corrected chi connectivity index (χ3v) is 6.11. The van der Waals surface area contributed by atoms with Crippen molar-refractivity contribution < 1.29 is 13.5 Å². The van der Waals surface area contributed by atoms with E-state index >= 15 is 0 Å². The van der Waals surface area contributed by atoms with Crippen LogP contribution in [0.15, 0.2) is 18.3 Å². The fourth-order valence-electron chi connectivity index (χ4n) is 2.64. The van der Waals surface area contributed by atoms with Crippen molar-refractivity contribution in [3.63, 3.8) is 0 Å². The molecule has 0 amide bonds. The molecule has 2 heterocycles. The number of hydrogen-bond donors (Lipinski definition) is 1. The van der Waals surface area contributed by atoms with Crippen LogP contribution in [0.2, 0.25) is 0 Å². The summed E-state index contributed by atoms with van der Waals surface area (Å²) in [4.78, 5) is 6.48. The molecule has 1 N–H and O–H groups in total. The fraction of sp³-hybridized carbons (Fsp3) is 0.667. The number of nitrogens with zero attached hydrogens (tertiary/aromatic N) is 3. The number of β-amino-alcohol motifs (C(OH)–C–C–N with tert-alkyl or cyclic N) is 1. The number of sulfonamides is 1. The molecule has 1 aromatic heterocycles. The molecule has 1 fully saturated rings. The van der Waals surface area contributed by atoms with Gasteiger partial charge in [-0.15, -0.1) is 0 Å². The van der Waals surface area contributed by atoms with E-state index in [2.05, 4.69) is 22.9 Å². The summed E-state index contributed by atoms with van der Waals surface area (Å²) >= 11 is 0. The maximum Gasteiger partial charge on any atom is 0.214 e. The monoisotopic (exact) mass is 327 g/mol. The number of aliphatic hydroxyl groups excluding tert-OH is 1. The first-order valence-electron chi connectivity index (χ1n) is 7.56. The second kappa shape index (κ2) is 7.04. The Bertz CT molecular complexity index is 587. The summed E-state index contributed by atoms with van der Waals surface area (Å²) in [5.41, 5.74) is 2.14. The largest absolute Gasteiger partial charge is 0.391 e. The van der Waals surface area contributed by atoms with E-state index in [9.17, 15) is 13.5 Å². The number of likely N-dealkylation sites (tertiary alicyclic amines) is 1. The zero-order valence-corrected chi connectivity index (χ0v) is 14.3. The molecule has 22 heavy (non-hydrogen) atoms. The van der Waals surface area contributed by atoms with Crippen molar-refractivity contribution in [2.24, 2.45) is 5.92 Å². The van der Waals surface area contributed by atoms with E-state index in [1.165, 1.54) is 24.0 Å². The zero-order valence-electron chi connectivity index (χ0n) is 13.4. The van der Waals surface area contributed by atoms with Crippen LogP contribution in [0, 0.1) is 5.92 Å². The number of rotatable bonds is 6. The quantitative estimate of drug-likeness (QED) is 0.815. The molecule has 1 saturated heterocycles. The highest BCUT2D eigenvalue weighted by Crippen LogP contribution is 2.21. The molecule has 2 rings (SSSR count). The van der Waals surface area contributed by atoms with Gasteiger partial charge in [0.25, 0.3) is 0 Å². The van der Waals surface area contributed by atoms with Crippen molar-refractivity contribution >= 4 is 10.0 Å². The van der Waals surface area contributed by atoms with E-state index < -0.39 is 16.1 Å². The van der Waals surface area contributed by atoms with Gasteiger partial charge in [0.1, 0.15) is 0 Å². The van der Waals surface area contributed by atoms with Crippen molar-refractivity contribution in [2.75, 3.05) is 32.9 Å². The van der Waals surface area contributed by atoms with Gasteiger partial charge in [0, 0.05) is 45.8 Å². The summed E-state index contributed by atoms with van der Waals surface area (Å²) in [6.07, 6.45) is 2.22. The van der Waals surface area contributed by atoms with Gasteiger partial charge in [-0.3, -0.25) is 9.88 Å². The predicted molar refractivity (Wildman–Crippen MR) is 85.9 cm³/mol. The molecule has 0 aliphatic carbocycles. The molecule has 2 atom stereocenters. The molecule has 1 aliphatic heterocycles. The average molecular weight is 327 g/mol. The smallest absolute Gasteiger partial charge is 0.214 e. The second-order valence-corrected chi connectivity index (χ2v) is 8.32. The molecular formula is C15H25N3O3S. The van der Waals surface area contributed by atoms with Crippen LogP contribution in [0.25, 0.3) is 0 Å². The molecule has 6 nitrogen and oxygen atoms in total. The van der Waals surface area contributed by atoms with E-state index in [4.69, 9.17) is 0 Å². The van der Waals surface area contributed by atoms with Crippen LogP contribution in [0.5, 0.6) is 0 Å². The molecule has 0 saturated carbocycles. The van der Waals surface area contributed by atoms with Crippen molar-refractivity contribution in [1.82, 2.24) is 14.2 Å². The van der Waals surface area contributed by atoms with Gasteiger partial charge < -0.3 is 5.11 Å². The Morgan fingerprint density at radius 1 is 1.36 bits per heavy atom. The Kier molecular flexibility index (Phi) is 5.55. The number of pyridine rings is 1. The van der Waals surface area contributed by atoms with Crippen molar-refractivity contribution in [2.45, 2.75) is 26.0 Å². The molecule has 124 valence electrons. The van der Waals surface area contributed by atoms with E-state index in [0.29, 0.717) is 19.6 Å². The molecule has 0 unspecified atom stereocenters. The van der Waals surface area contributed by atoms with Crippen LogP contribution in [0.4, 0.5) is 0 Å². The maximum atomic E-state index is 12.0. The van der Waals surface area contributed by atoms with Crippen LogP contribution < -0.4 is 0 Å². The summed E-state index contributed by atoms with van der Waals surface area (Å²) in [6, 6.07) is 4.05. The Labute approximate surface area is 132 Å². The van der Waals surface area contributed by atoms with Crippen molar-refractivity contribution in [3.8, 4) is 0 Å². The minimum absolute atomic E-state index is 0.0140. The number of aliphatic hydroxyl groups is 1. The lowest BCUT2D eigenvalue weighted by Gasteiger charge is -2.17. The van der Waals surface area contributed by atoms with E-state index in [0.717, 1.165) is 12.1 Å². The topological polar surface area (TPSA) is 73.7 Å². The second-order valence-electron chi connectivity index (χ2n) is 6.09. The van der Waals surface area contributed by atoms with Gasteiger partial charge in [-0.05, 0) is 18.1 Å². The Hall–Kier alpha value is -1.02. The Balaban J connectivity index is 1.95. The molecule has 0 aromatic carbocycles. The SMILES string of the molecule is CCc1ccc(CN2C[C@@H](CS(=O)(=O)N(C)C)[C@H](O)C2)nc1. The third kappa shape index (κ3) is 4.25. The normalized spacial score (nSPS) is 23.3. The molecular weight excluding hydrogens is 302 g/mol. The van der Waals surface area contributed by atoms with Gasteiger partial charge in [-0.1, -0.05) is 13.0 Å². The molecule has 1 aromatic rings. The lowest BCUT2D eigenvalue weighted by molar-refractivity contribution is 0.148. The highest BCUT2D eigenvalue weighted by molar-refractivity contribution is 7.89. The Morgan fingerprint density at radius 3 is 2.64 bits per heavy atom. The fourth-order valence-corrected chi connectivity index (χ4v) is 3.81. The number of hydrogen-bond acceptors (Lipinski definition) is 5. The van der Waals surface area contributed by atoms with E-state index in [1.807, 2.05) is 12.3 Å². The summed E-state index contributed by atoms with van der Waals surface area (Å²) in [6.45, 7) is 3.79. The van der Waals surface area contributed by atoms with E-state index in [1.54, 1.807) is 0 Å². The number of aromatic nitrogens is 1. The standard InChI is InChI=1S/C15H25N3O3S/c1-4-12-5-6-14(16-7-12)9-18-8-13(15(19)10-18)11-22(20,21)17(2)3/h5-7,13,15,19H,4,8-11H2,1-3H3/t13-,15+/m0/s1. The Morgan fingerprint density at radius 2 is 2.09 bits per heavy atom. The first kappa shape index (κ1) is 17.3. The molecule has 7 heteroatoms. The van der Waals surface area contributed by atoms with Crippen molar-refractivity contribution in [3.05, 3.63) is 29.6 Å². The van der Waals surface area contributed by atoms with Crippen LogP contribution in [-0.4, -0.2) is 66.8 Å².